The molecule has 0 atom stereocenters. The zero-order valence-electron chi connectivity index (χ0n) is 11.3. The molecule has 22 heavy (non-hydrogen) atoms. The average molecular weight is 296 g/mol. The number of hydrogen-bond acceptors (Lipinski definition) is 6. The maximum absolute atomic E-state index is 9.51. The zero-order chi connectivity index (χ0) is 15.3. The van der Waals surface area contributed by atoms with E-state index in [0.29, 0.717) is 10.9 Å². The van der Waals surface area contributed by atoms with E-state index in [1.165, 1.54) is 21.7 Å². The van der Waals surface area contributed by atoms with Gasteiger partial charge in [-0.1, -0.05) is 0 Å². The molecule has 2 heterocycles. The van der Waals surface area contributed by atoms with Crippen LogP contribution in [0.5, 0.6) is 11.5 Å². The van der Waals surface area contributed by atoms with Crippen LogP contribution in [0, 0.1) is 0 Å². The van der Waals surface area contributed by atoms with Gasteiger partial charge in [0.15, 0.2) is 11.5 Å². The van der Waals surface area contributed by atoms with E-state index < -0.39 is 0 Å². The molecule has 4 rings (SSSR count). The van der Waals surface area contributed by atoms with Crippen LogP contribution < -0.4 is 11.3 Å². The number of phenols is 2. The number of anilines is 1. The van der Waals surface area contributed by atoms with E-state index in [1.807, 2.05) is 18.2 Å². The molecular formula is C14H12N6O2. The summed E-state index contributed by atoms with van der Waals surface area (Å²) in [6.45, 7) is 0. The molecule has 110 valence electrons. The molecule has 0 unspecified atom stereocenters. The number of rotatable bonds is 2. The topological polar surface area (TPSA) is 114 Å². The highest BCUT2D eigenvalue weighted by molar-refractivity contribution is 5.83. The predicted octanol–water partition coefficient (Wildman–Crippen LogP) is 1.39. The highest BCUT2D eigenvalue weighted by atomic mass is 16.3. The van der Waals surface area contributed by atoms with E-state index in [4.69, 9.17) is 5.84 Å². The highest BCUT2D eigenvalue weighted by Gasteiger charge is 2.07. The van der Waals surface area contributed by atoms with E-state index in [9.17, 15) is 10.2 Å². The van der Waals surface area contributed by atoms with Gasteiger partial charge < -0.3 is 16.1 Å². The molecule has 2 aromatic heterocycles. The number of phenolic OH excluding ortho intramolecular Hbond substituents is 2. The SMILES string of the molecule is Nn1cc2ccc(Nn3cc4cc(O)c(O)cc4n3)cc2n1. The van der Waals surface area contributed by atoms with Crippen molar-refractivity contribution in [3.8, 4) is 11.5 Å². The van der Waals surface area contributed by atoms with Gasteiger partial charge in [0, 0.05) is 16.8 Å². The van der Waals surface area contributed by atoms with Crippen LogP contribution >= 0.6 is 0 Å². The smallest absolute Gasteiger partial charge is 0.159 e. The Morgan fingerprint density at radius 2 is 1.68 bits per heavy atom. The van der Waals surface area contributed by atoms with Crippen molar-refractivity contribution >= 4 is 27.5 Å². The number of aromatic hydroxyl groups is 2. The van der Waals surface area contributed by atoms with Crippen molar-refractivity contribution in [1.82, 2.24) is 19.8 Å². The number of nitrogens with two attached hydrogens (primary N) is 1. The summed E-state index contributed by atoms with van der Waals surface area (Å²) >= 11 is 0. The number of nitrogen functional groups attached to an aromatic ring is 1. The summed E-state index contributed by atoms with van der Waals surface area (Å²) in [6, 6.07) is 8.48. The highest BCUT2D eigenvalue weighted by Crippen LogP contribution is 2.29. The van der Waals surface area contributed by atoms with Crippen molar-refractivity contribution in [2.24, 2.45) is 0 Å². The van der Waals surface area contributed by atoms with Gasteiger partial charge in [-0.15, -0.1) is 0 Å². The number of hydrogen-bond donors (Lipinski definition) is 4. The Bertz CT molecular complexity index is 964. The maximum Gasteiger partial charge on any atom is 0.159 e. The lowest BCUT2D eigenvalue weighted by molar-refractivity contribution is 0.405. The Hall–Kier alpha value is -3.42. The Kier molecular flexibility index (Phi) is 2.40. The molecule has 4 aromatic rings. The number of nitrogens with zero attached hydrogens (tertiary/aromatic N) is 4. The molecule has 8 nitrogen and oxygen atoms in total. The molecule has 0 radical (unpaired) electrons. The fourth-order valence-corrected chi connectivity index (χ4v) is 2.34. The third kappa shape index (κ3) is 1.94. The van der Waals surface area contributed by atoms with E-state index in [1.54, 1.807) is 12.4 Å². The summed E-state index contributed by atoms with van der Waals surface area (Å²) in [5, 5.41) is 29.1. The lowest BCUT2D eigenvalue weighted by Gasteiger charge is -2.04. The van der Waals surface area contributed by atoms with Crippen molar-refractivity contribution in [2.45, 2.75) is 0 Å². The molecule has 0 fully saturated rings. The first-order valence-electron chi connectivity index (χ1n) is 6.51. The molecule has 0 aliphatic carbocycles. The van der Waals surface area contributed by atoms with Gasteiger partial charge in [-0.05, 0) is 24.3 Å². The number of fused-ring (bicyclic) bond motifs is 2. The third-order valence-electron chi connectivity index (χ3n) is 3.37. The van der Waals surface area contributed by atoms with Crippen molar-refractivity contribution in [2.75, 3.05) is 11.3 Å². The monoisotopic (exact) mass is 296 g/mol. The van der Waals surface area contributed by atoms with E-state index >= 15 is 0 Å². The fourth-order valence-electron chi connectivity index (χ4n) is 2.34. The molecule has 2 aromatic carbocycles. The molecular weight excluding hydrogens is 284 g/mol. The first-order valence-corrected chi connectivity index (χ1v) is 6.51. The molecule has 0 aliphatic heterocycles. The first-order chi connectivity index (χ1) is 10.6. The number of benzene rings is 2. The standard InChI is InChI=1S/C14H12N6O2/c15-19-6-8-1-2-10(4-11(8)17-19)16-20-7-9-3-13(21)14(22)5-12(9)18-20/h1-7,16,21-22H,15H2. The second-order valence-electron chi connectivity index (χ2n) is 4.97. The zero-order valence-corrected chi connectivity index (χ0v) is 11.3. The average Bonchev–Trinajstić information content (AvgIpc) is 3.01. The molecule has 5 N–H and O–H groups in total. The van der Waals surface area contributed by atoms with Gasteiger partial charge in [0.05, 0.1) is 29.1 Å². The van der Waals surface area contributed by atoms with Gasteiger partial charge in [-0.25, -0.2) is 0 Å². The van der Waals surface area contributed by atoms with Crippen molar-refractivity contribution < 1.29 is 10.2 Å². The Balaban J connectivity index is 1.71. The lowest BCUT2D eigenvalue weighted by atomic mass is 10.2. The van der Waals surface area contributed by atoms with Crippen LogP contribution in [0.1, 0.15) is 0 Å². The quantitative estimate of drug-likeness (QED) is 0.328. The largest absolute Gasteiger partial charge is 0.504 e. The summed E-state index contributed by atoms with van der Waals surface area (Å²) < 4.78 is 0. The summed E-state index contributed by atoms with van der Waals surface area (Å²) in [5.41, 5.74) is 5.20. The normalized spacial score (nSPS) is 11.3. The Morgan fingerprint density at radius 1 is 0.909 bits per heavy atom. The van der Waals surface area contributed by atoms with Gasteiger partial charge in [-0.3, -0.25) is 5.43 Å². The summed E-state index contributed by atoms with van der Waals surface area (Å²) in [6.07, 6.45) is 3.44. The molecule has 8 heteroatoms. The fraction of sp³-hybridized carbons (Fsp3) is 0. The van der Waals surface area contributed by atoms with E-state index in [0.717, 1.165) is 16.6 Å². The maximum atomic E-state index is 9.51. The summed E-state index contributed by atoms with van der Waals surface area (Å²) in [4.78, 5) is 2.77. The summed E-state index contributed by atoms with van der Waals surface area (Å²) in [5.74, 6) is 5.21. The Morgan fingerprint density at radius 3 is 2.55 bits per heavy atom. The van der Waals surface area contributed by atoms with Crippen molar-refractivity contribution in [3.05, 3.63) is 42.7 Å². The van der Waals surface area contributed by atoms with Gasteiger partial charge >= 0.3 is 0 Å². The molecule has 0 saturated carbocycles. The van der Waals surface area contributed by atoms with Gasteiger partial charge in [-0.2, -0.15) is 19.8 Å². The summed E-state index contributed by atoms with van der Waals surface area (Å²) in [7, 11) is 0. The van der Waals surface area contributed by atoms with Crippen LogP contribution in [-0.4, -0.2) is 30.0 Å². The number of nitrogens with one attached hydrogen (secondary N) is 1. The van der Waals surface area contributed by atoms with Crippen LogP contribution in [0.15, 0.2) is 42.7 Å². The predicted molar refractivity (Wildman–Crippen MR) is 82.0 cm³/mol. The second kappa shape index (κ2) is 4.29. The first kappa shape index (κ1) is 12.3. The molecule has 0 amide bonds. The van der Waals surface area contributed by atoms with Gasteiger partial charge in [0.25, 0.3) is 0 Å². The second-order valence-corrected chi connectivity index (χ2v) is 4.97. The van der Waals surface area contributed by atoms with Crippen LogP contribution in [0.2, 0.25) is 0 Å². The molecule has 0 bridgehead atoms. The number of aromatic nitrogens is 4. The van der Waals surface area contributed by atoms with Crippen LogP contribution in [-0.2, 0) is 0 Å². The van der Waals surface area contributed by atoms with Gasteiger partial charge in [0.2, 0.25) is 0 Å². The van der Waals surface area contributed by atoms with Crippen molar-refractivity contribution in [1.29, 1.82) is 0 Å². The Labute approximate surface area is 123 Å². The minimum absolute atomic E-state index is 0.179. The van der Waals surface area contributed by atoms with Gasteiger partial charge in [0.1, 0.15) is 0 Å². The van der Waals surface area contributed by atoms with Crippen LogP contribution in [0.3, 0.4) is 0 Å². The van der Waals surface area contributed by atoms with E-state index in [2.05, 4.69) is 15.6 Å². The van der Waals surface area contributed by atoms with Crippen LogP contribution in [0.25, 0.3) is 21.8 Å². The minimum Gasteiger partial charge on any atom is -0.504 e. The van der Waals surface area contributed by atoms with E-state index in [-0.39, 0.29) is 11.5 Å². The third-order valence-corrected chi connectivity index (χ3v) is 3.37. The molecule has 0 saturated heterocycles. The molecule has 0 aliphatic rings. The van der Waals surface area contributed by atoms with Crippen molar-refractivity contribution in [3.63, 3.8) is 0 Å². The lowest BCUT2D eigenvalue weighted by Crippen LogP contribution is -2.09. The molecule has 0 spiro atoms. The van der Waals surface area contributed by atoms with Crippen LogP contribution in [0.4, 0.5) is 5.69 Å². The minimum atomic E-state index is -0.201.